The smallest absolute Gasteiger partial charge is 0.328 e. The Morgan fingerprint density at radius 2 is 1.67 bits per heavy atom. The van der Waals surface area contributed by atoms with Gasteiger partial charge in [0, 0.05) is 36.5 Å². The molecule has 0 bridgehead atoms. The molecule has 1 aromatic carbocycles. The van der Waals surface area contributed by atoms with Gasteiger partial charge in [-0.2, -0.15) is 0 Å². The fourth-order valence-corrected chi connectivity index (χ4v) is 1.56. The topological polar surface area (TPSA) is 123 Å². The maximum Gasteiger partial charge on any atom is 0.328 e. The molecule has 2 rings (SSSR count). The molecule has 0 saturated heterocycles. The van der Waals surface area contributed by atoms with Crippen LogP contribution in [0.1, 0.15) is 10.4 Å². The molecule has 21 heavy (non-hydrogen) atoms. The van der Waals surface area contributed by atoms with Crippen molar-refractivity contribution < 1.29 is 24.6 Å². The monoisotopic (exact) mass is 290 g/mol. The first-order valence-electron chi connectivity index (χ1n) is 5.80. The molecular formula is C14H14N2O5. The third kappa shape index (κ3) is 4.83. The number of aryl methyl sites for hydroxylation is 1. The van der Waals surface area contributed by atoms with Gasteiger partial charge < -0.3 is 20.5 Å². The van der Waals surface area contributed by atoms with E-state index in [0.29, 0.717) is 17.7 Å². The predicted molar refractivity (Wildman–Crippen MR) is 75.8 cm³/mol. The van der Waals surface area contributed by atoms with Crippen molar-refractivity contribution in [1.82, 2.24) is 4.57 Å². The summed E-state index contributed by atoms with van der Waals surface area (Å²) in [6.45, 7) is 0. The second kappa shape index (κ2) is 6.90. The lowest BCUT2D eigenvalue weighted by molar-refractivity contribution is -0.134. The number of carbonyl (C=O) groups is 3. The molecule has 1 aromatic heterocycles. The molecule has 110 valence electrons. The molecule has 2 aromatic rings. The summed E-state index contributed by atoms with van der Waals surface area (Å²) in [6.07, 6.45) is 3.07. The molecule has 0 aliphatic carbocycles. The van der Waals surface area contributed by atoms with E-state index in [2.05, 4.69) is 0 Å². The Morgan fingerprint density at radius 1 is 1.10 bits per heavy atom. The van der Waals surface area contributed by atoms with E-state index in [-0.39, 0.29) is 5.91 Å². The van der Waals surface area contributed by atoms with E-state index in [9.17, 15) is 14.4 Å². The lowest BCUT2D eigenvalue weighted by atomic mass is 10.1. The Morgan fingerprint density at radius 3 is 2.14 bits per heavy atom. The summed E-state index contributed by atoms with van der Waals surface area (Å²) in [5.41, 5.74) is 6.75. The second-order valence-electron chi connectivity index (χ2n) is 4.07. The van der Waals surface area contributed by atoms with Crippen LogP contribution in [-0.2, 0) is 16.6 Å². The molecule has 0 radical (unpaired) electrons. The first-order chi connectivity index (χ1) is 9.81. The zero-order valence-electron chi connectivity index (χ0n) is 11.2. The van der Waals surface area contributed by atoms with Gasteiger partial charge in [-0.25, -0.2) is 9.59 Å². The molecule has 1 amide bonds. The van der Waals surface area contributed by atoms with Gasteiger partial charge in [0.25, 0.3) is 0 Å². The number of hydrogen-bond donors (Lipinski definition) is 3. The standard InChI is InChI=1S/C10H10N2O.C4H4O4/c1-12-5-4-7-2-3-8(10(11)13)6-9(7)12;5-3(6)1-2-4(7)8/h2-6H,1H3,(H2,11,13);1-2H,(H,5,6)(H,7,8)/b;2-1+. The number of nitrogens with two attached hydrogens (primary N) is 1. The SMILES string of the molecule is Cn1ccc2ccc(C(N)=O)cc21.O=C(O)/C=C/C(=O)O. The maximum absolute atomic E-state index is 10.9. The van der Waals surface area contributed by atoms with Crippen LogP contribution in [0.3, 0.4) is 0 Å². The van der Waals surface area contributed by atoms with Crippen LogP contribution >= 0.6 is 0 Å². The second-order valence-corrected chi connectivity index (χ2v) is 4.07. The number of carboxylic acids is 2. The van der Waals surface area contributed by atoms with Crippen LogP contribution < -0.4 is 5.73 Å². The summed E-state index contributed by atoms with van der Waals surface area (Å²) in [5.74, 6) is -2.90. The van der Waals surface area contributed by atoms with Gasteiger partial charge in [0.15, 0.2) is 0 Å². The van der Waals surface area contributed by atoms with E-state index in [1.807, 2.05) is 29.9 Å². The highest BCUT2D eigenvalue weighted by Crippen LogP contribution is 2.15. The number of carbonyl (C=O) groups excluding carboxylic acids is 1. The Hall–Kier alpha value is -3.09. The summed E-state index contributed by atoms with van der Waals surface area (Å²) in [5, 5.41) is 16.7. The average molecular weight is 290 g/mol. The minimum atomic E-state index is -1.26. The van der Waals surface area contributed by atoms with E-state index in [0.717, 1.165) is 10.9 Å². The number of amides is 1. The predicted octanol–water partition coefficient (Wildman–Crippen LogP) is 0.989. The number of benzene rings is 1. The summed E-state index contributed by atoms with van der Waals surface area (Å²) in [6, 6.07) is 7.44. The van der Waals surface area contributed by atoms with Gasteiger partial charge in [-0.15, -0.1) is 0 Å². The van der Waals surface area contributed by atoms with Crippen molar-refractivity contribution in [3.8, 4) is 0 Å². The van der Waals surface area contributed by atoms with E-state index < -0.39 is 11.9 Å². The molecule has 7 heteroatoms. The summed E-state index contributed by atoms with van der Waals surface area (Å²) in [7, 11) is 1.94. The van der Waals surface area contributed by atoms with Crippen LogP contribution in [0.15, 0.2) is 42.6 Å². The largest absolute Gasteiger partial charge is 0.478 e. The number of fused-ring (bicyclic) bond motifs is 1. The zero-order valence-corrected chi connectivity index (χ0v) is 11.2. The van der Waals surface area contributed by atoms with Gasteiger partial charge in [0.05, 0.1) is 0 Å². The number of aromatic nitrogens is 1. The van der Waals surface area contributed by atoms with E-state index >= 15 is 0 Å². The Balaban J connectivity index is 0.000000240. The normalized spacial score (nSPS) is 10.1. The van der Waals surface area contributed by atoms with Crippen molar-refractivity contribution in [3.63, 3.8) is 0 Å². The number of primary amides is 1. The van der Waals surface area contributed by atoms with Gasteiger partial charge in [-0.1, -0.05) is 6.07 Å². The summed E-state index contributed by atoms with van der Waals surface area (Å²) in [4.78, 5) is 30.0. The third-order valence-corrected chi connectivity index (χ3v) is 2.54. The van der Waals surface area contributed by atoms with E-state index in [1.165, 1.54) is 0 Å². The average Bonchev–Trinajstić information content (AvgIpc) is 2.78. The van der Waals surface area contributed by atoms with Crippen molar-refractivity contribution in [3.05, 3.63) is 48.2 Å². The number of hydrogen-bond acceptors (Lipinski definition) is 3. The number of aliphatic carboxylic acids is 2. The molecule has 0 fully saturated rings. The molecule has 1 heterocycles. The summed E-state index contributed by atoms with van der Waals surface area (Å²) >= 11 is 0. The van der Waals surface area contributed by atoms with E-state index in [1.54, 1.807) is 12.1 Å². The molecule has 0 aliphatic rings. The fourth-order valence-electron chi connectivity index (χ4n) is 1.56. The van der Waals surface area contributed by atoms with Crippen LogP contribution in [0.4, 0.5) is 0 Å². The Labute approximate surface area is 119 Å². The zero-order chi connectivity index (χ0) is 16.0. The van der Waals surface area contributed by atoms with Crippen LogP contribution in [0.2, 0.25) is 0 Å². The lowest BCUT2D eigenvalue weighted by Crippen LogP contribution is -2.10. The first-order valence-corrected chi connectivity index (χ1v) is 5.80. The highest BCUT2D eigenvalue weighted by atomic mass is 16.4. The Kier molecular flexibility index (Phi) is 5.24. The van der Waals surface area contributed by atoms with Crippen molar-refractivity contribution in [1.29, 1.82) is 0 Å². The van der Waals surface area contributed by atoms with Gasteiger partial charge >= 0.3 is 11.9 Å². The van der Waals surface area contributed by atoms with E-state index in [4.69, 9.17) is 15.9 Å². The van der Waals surface area contributed by atoms with Crippen LogP contribution in [0, 0.1) is 0 Å². The number of carboxylic acid groups (broad SMARTS) is 2. The number of rotatable bonds is 3. The van der Waals surface area contributed by atoms with Crippen molar-refractivity contribution in [2.75, 3.05) is 0 Å². The highest BCUT2D eigenvalue weighted by Gasteiger charge is 2.03. The maximum atomic E-state index is 10.9. The third-order valence-electron chi connectivity index (χ3n) is 2.54. The van der Waals surface area contributed by atoms with Crippen molar-refractivity contribution in [2.24, 2.45) is 12.8 Å². The van der Waals surface area contributed by atoms with Crippen LogP contribution in [0.25, 0.3) is 10.9 Å². The Bertz CT molecular complexity index is 699. The van der Waals surface area contributed by atoms with Gasteiger partial charge in [0.1, 0.15) is 0 Å². The minimum absolute atomic E-state index is 0.386. The first kappa shape index (κ1) is 16.0. The molecule has 7 nitrogen and oxygen atoms in total. The number of nitrogens with zero attached hydrogens (tertiary/aromatic N) is 1. The van der Waals surface area contributed by atoms with Gasteiger partial charge in [-0.05, 0) is 23.6 Å². The molecule has 0 unspecified atom stereocenters. The van der Waals surface area contributed by atoms with Crippen molar-refractivity contribution in [2.45, 2.75) is 0 Å². The molecule has 0 atom stereocenters. The fraction of sp³-hybridized carbons (Fsp3) is 0.0714. The molecule has 4 N–H and O–H groups in total. The summed E-state index contributed by atoms with van der Waals surface area (Å²) < 4.78 is 1.96. The van der Waals surface area contributed by atoms with Gasteiger partial charge in [0.2, 0.25) is 5.91 Å². The van der Waals surface area contributed by atoms with Crippen LogP contribution in [0.5, 0.6) is 0 Å². The highest BCUT2D eigenvalue weighted by molar-refractivity contribution is 5.97. The van der Waals surface area contributed by atoms with Gasteiger partial charge in [-0.3, -0.25) is 4.79 Å². The minimum Gasteiger partial charge on any atom is -0.478 e. The molecule has 0 spiro atoms. The van der Waals surface area contributed by atoms with Crippen molar-refractivity contribution >= 4 is 28.7 Å². The molecule has 0 saturated carbocycles. The molecule has 0 aliphatic heterocycles. The quantitative estimate of drug-likeness (QED) is 0.727. The molecular weight excluding hydrogens is 276 g/mol. The lowest BCUT2D eigenvalue weighted by Gasteiger charge is -1.98. The van der Waals surface area contributed by atoms with Crippen LogP contribution in [-0.4, -0.2) is 32.6 Å².